The molecule has 0 fully saturated rings. The molecule has 0 bridgehead atoms. The van der Waals surface area contributed by atoms with Crippen LogP contribution in [0.5, 0.6) is 34.5 Å². The summed E-state index contributed by atoms with van der Waals surface area (Å²) in [5.41, 5.74) is 8.29. The molecule has 0 amide bonds. The van der Waals surface area contributed by atoms with E-state index >= 15 is 0 Å². The fourth-order valence-corrected chi connectivity index (χ4v) is 6.14. The molecule has 0 saturated heterocycles. The van der Waals surface area contributed by atoms with Crippen LogP contribution in [-0.2, 0) is 0 Å². The fraction of sp³-hybridized carbons (Fsp3) is 0. The summed E-state index contributed by atoms with van der Waals surface area (Å²) in [5, 5.41) is 0. The lowest BCUT2D eigenvalue weighted by Gasteiger charge is -2.20. The smallest absolute Gasteiger partial charge is 0.178 e. The van der Waals surface area contributed by atoms with Crippen molar-refractivity contribution >= 4 is 0 Å². The minimum atomic E-state index is 0.644. The lowest BCUT2D eigenvalue weighted by Crippen LogP contribution is -1.97. The Bertz CT molecular complexity index is 2350. The summed E-state index contributed by atoms with van der Waals surface area (Å²) < 4.78 is 19.9. The molecule has 0 saturated carbocycles. The molecule has 0 heterocycles. The number of hydrogen-bond donors (Lipinski definition) is 0. The van der Waals surface area contributed by atoms with E-state index in [4.69, 9.17) is 14.2 Å². The highest BCUT2D eigenvalue weighted by Gasteiger charge is 2.21. The number of hydrogen-bond acceptors (Lipinski definition) is 3. The van der Waals surface area contributed by atoms with Gasteiger partial charge in [-0.05, 0) is 94.0 Å². The van der Waals surface area contributed by atoms with Crippen LogP contribution in [0.2, 0.25) is 0 Å². The van der Waals surface area contributed by atoms with E-state index in [-0.39, 0.29) is 0 Å². The van der Waals surface area contributed by atoms with Crippen LogP contribution in [-0.4, -0.2) is 0 Å². The van der Waals surface area contributed by atoms with Crippen molar-refractivity contribution in [1.29, 1.82) is 0 Å². The van der Waals surface area contributed by atoms with Crippen molar-refractivity contribution < 1.29 is 14.2 Å². The minimum absolute atomic E-state index is 0.644. The van der Waals surface area contributed by atoms with Crippen LogP contribution < -0.4 is 14.2 Å². The molecular weight excluding hydrogens is 625 g/mol. The zero-order valence-electron chi connectivity index (χ0n) is 27.9. The van der Waals surface area contributed by atoms with E-state index in [9.17, 15) is 0 Å². The molecule has 8 rings (SSSR count). The third-order valence-electron chi connectivity index (χ3n) is 8.66. The lowest BCUT2D eigenvalue weighted by atomic mass is 9.97. The summed E-state index contributed by atoms with van der Waals surface area (Å²) in [7, 11) is 0. The Morgan fingerprint density at radius 3 is 1.08 bits per heavy atom. The topological polar surface area (TPSA) is 27.7 Å². The van der Waals surface area contributed by atoms with Crippen molar-refractivity contribution in [1.82, 2.24) is 0 Å². The van der Waals surface area contributed by atoms with E-state index < -0.39 is 0 Å². The average molecular weight is 659 g/mol. The number of benzene rings is 8. The zero-order chi connectivity index (χ0) is 34.2. The first-order valence-electron chi connectivity index (χ1n) is 17.0. The Morgan fingerprint density at radius 2 is 0.569 bits per heavy atom. The average Bonchev–Trinajstić information content (AvgIpc) is 3.20. The molecule has 3 heteroatoms. The van der Waals surface area contributed by atoms with Gasteiger partial charge in [0.05, 0.1) is 0 Å². The predicted octanol–water partition coefficient (Wildman–Crippen LogP) is 13.7. The summed E-state index contributed by atoms with van der Waals surface area (Å²) in [6.45, 7) is 0. The molecule has 0 atom stereocenters. The van der Waals surface area contributed by atoms with Crippen LogP contribution >= 0.6 is 0 Å². The van der Waals surface area contributed by atoms with E-state index in [0.717, 1.165) is 61.8 Å². The van der Waals surface area contributed by atoms with Crippen LogP contribution in [0, 0.1) is 0 Å². The molecule has 0 aliphatic heterocycles. The first-order valence-corrected chi connectivity index (χ1v) is 17.0. The van der Waals surface area contributed by atoms with Crippen LogP contribution in [0.25, 0.3) is 44.5 Å². The summed E-state index contributed by atoms with van der Waals surface area (Å²) in [6.07, 6.45) is 0. The van der Waals surface area contributed by atoms with Gasteiger partial charge < -0.3 is 14.2 Å². The van der Waals surface area contributed by atoms with Crippen molar-refractivity contribution in [2.75, 3.05) is 0 Å². The number of ether oxygens (including phenoxy) is 3. The van der Waals surface area contributed by atoms with Gasteiger partial charge in [-0.25, -0.2) is 0 Å². The largest absolute Gasteiger partial charge is 0.457 e. The Hall–Kier alpha value is -6.84. The molecule has 244 valence electrons. The highest BCUT2D eigenvalue weighted by Crippen LogP contribution is 2.48. The predicted molar refractivity (Wildman–Crippen MR) is 208 cm³/mol. The highest BCUT2D eigenvalue weighted by atomic mass is 16.5. The third-order valence-corrected chi connectivity index (χ3v) is 8.66. The number of para-hydroxylation sites is 1. The summed E-state index contributed by atoms with van der Waals surface area (Å²) >= 11 is 0. The standard InChI is InChI=1S/C48H34O3/c1-5-15-35(16-6-1)39-21-13-25-43(33-39)49-42-29-27-36(28-30-42)40-22-14-26-44(34-40)51-48-46(38-19-9-3-10-20-38)32-31-45(37-17-7-2-8-18-37)47(48)50-41-23-11-4-12-24-41/h1-34H. The molecule has 8 aromatic carbocycles. The van der Waals surface area contributed by atoms with E-state index in [2.05, 4.69) is 84.9 Å². The second kappa shape index (κ2) is 14.7. The van der Waals surface area contributed by atoms with Crippen molar-refractivity contribution in [2.45, 2.75) is 0 Å². The van der Waals surface area contributed by atoms with Crippen molar-refractivity contribution in [3.63, 3.8) is 0 Å². The maximum atomic E-state index is 6.89. The monoisotopic (exact) mass is 658 g/mol. The maximum Gasteiger partial charge on any atom is 0.178 e. The summed E-state index contributed by atoms with van der Waals surface area (Å²) in [5.74, 6) is 4.28. The van der Waals surface area contributed by atoms with Crippen LogP contribution in [0.4, 0.5) is 0 Å². The molecule has 0 aliphatic rings. The molecule has 8 aromatic rings. The van der Waals surface area contributed by atoms with Gasteiger partial charge in [0, 0.05) is 11.1 Å². The van der Waals surface area contributed by atoms with Gasteiger partial charge in [-0.1, -0.05) is 146 Å². The van der Waals surface area contributed by atoms with E-state index in [1.807, 2.05) is 121 Å². The molecule has 0 N–H and O–H groups in total. The SMILES string of the molecule is c1ccc(Oc2c(-c3ccccc3)ccc(-c3ccccc3)c2Oc2cccc(-c3ccc(Oc4cccc(-c5ccccc5)c4)cc3)c2)cc1. The van der Waals surface area contributed by atoms with Gasteiger partial charge >= 0.3 is 0 Å². The Labute approximate surface area is 298 Å². The Balaban J connectivity index is 1.12. The third kappa shape index (κ3) is 7.29. The molecule has 51 heavy (non-hydrogen) atoms. The maximum absolute atomic E-state index is 6.89. The quantitative estimate of drug-likeness (QED) is 0.146. The molecule has 0 radical (unpaired) electrons. The summed E-state index contributed by atoms with van der Waals surface area (Å²) in [6, 6.07) is 69.4. The lowest BCUT2D eigenvalue weighted by molar-refractivity contribution is 0.421. The van der Waals surface area contributed by atoms with Crippen LogP contribution in [0.15, 0.2) is 206 Å². The molecule has 0 spiro atoms. The van der Waals surface area contributed by atoms with Crippen LogP contribution in [0.3, 0.4) is 0 Å². The molecular formula is C48H34O3. The van der Waals surface area contributed by atoms with Crippen molar-refractivity contribution in [3.8, 4) is 79.0 Å². The van der Waals surface area contributed by atoms with Crippen LogP contribution in [0.1, 0.15) is 0 Å². The number of rotatable bonds is 10. The Kier molecular flexibility index (Phi) is 9.08. The van der Waals surface area contributed by atoms with Gasteiger partial charge in [0.1, 0.15) is 23.0 Å². The molecule has 0 unspecified atom stereocenters. The van der Waals surface area contributed by atoms with Gasteiger partial charge in [-0.3, -0.25) is 0 Å². The first-order chi connectivity index (χ1) is 25.3. The fourth-order valence-electron chi connectivity index (χ4n) is 6.14. The second-order valence-electron chi connectivity index (χ2n) is 12.1. The van der Waals surface area contributed by atoms with E-state index in [1.54, 1.807) is 0 Å². The zero-order valence-corrected chi connectivity index (χ0v) is 27.9. The second-order valence-corrected chi connectivity index (χ2v) is 12.1. The molecule has 0 aromatic heterocycles. The normalized spacial score (nSPS) is 10.7. The highest BCUT2D eigenvalue weighted by molar-refractivity contribution is 5.84. The Morgan fingerprint density at radius 1 is 0.216 bits per heavy atom. The van der Waals surface area contributed by atoms with Crippen molar-refractivity contribution in [3.05, 3.63) is 206 Å². The molecule has 0 aliphatic carbocycles. The van der Waals surface area contributed by atoms with Gasteiger partial charge in [-0.15, -0.1) is 0 Å². The van der Waals surface area contributed by atoms with E-state index in [1.165, 1.54) is 0 Å². The first kappa shape index (κ1) is 31.4. The van der Waals surface area contributed by atoms with Gasteiger partial charge in [0.15, 0.2) is 11.5 Å². The van der Waals surface area contributed by atoms with Gasteiger partial charge in [0.2, 0.25) is 0 Å². The van der Waals surface area contributed by atoms with E-state index in [0.29, 0.717) is 17.2 Å². The van der Waals surface area contributed by atoms with Gasteiger partial charge in [0.25, 0.3) is 0 Å². The van der Waals surface area contributed by atoms with Crippen molar-refractivity contribution in [2.24, 2.45) is 0 Å². The minimum Gasteiger partial charge on any atom is -0.457 e. The summed E-state index contributed by atoms with van der Waals surface area (Å²) in [4.78, 5) is 0. The molecule has 3 nitrogen and oxygen atoms in total. The van der Waals surface area contributed by atoms with Gasteiger partial charge in [-0.2, -0.15) is 0 Å².